The Morgan fingerprint density at radius 3 is 2.50 bits per heavy atom. The number of aromatic nitrogens is 4. The highest BCUT2D eigenvalue weighted by Crippen LogP contribution is 2.28. The molecule has 2 heterocycles. The van der Waals surface area contributed by atoms with E-state index in [1.807, 2.05) is 0 Å². The van der Waals surface area contributed by atoms with Crippen LogP contribution in [0.1, 0.15) is 31.1 Å². The third-order valence-corrected chi connectivity index (χ3v) is 8.37. The molecule has 4 aromatic rings. The minimum atomic E-state index is -3.92. The van der Waals surface area contributed by atoms with Crippen LogP contribution >= 0.6 is 11.3 Å². The average molecular weight is 621 g/mol. The summed E-state index contributed by atoms with van der Waals surface area (Å²) in [6.45, 7) is 2.90. The molecule has 42 heavy (non-hydrogen) atoms. The molecule has 0 spiro atoms. The molecule has 0 bridgehead atoms. The first-order chi connectivity index (χ1) is 19.9. The number of carbonyl (C=O) groups excluding carboxylic acids is 1. The highest BCUT2D eigenvalue weighted by Gasteiger charge is 2.30. The summed E-state index contributed by atoms with van der Waals surface area (Å²) in [4.78, 5) is 29.2. The number of carboxylic acid groups (broad SMARTS) is 1. The second kappa shape index (κ2) is 13.2. The number of ether oxygens (including phenoxy) is 2. The number of nitrogens with one attached hydrogen (secondary N) is 1. The summed E-state index contributed by atoms with van der Waals surface area (Å²) in [5, 5.41) is 25.7. The van der Waals surface area contributed by atoms with Crippen molar-refractivity contribution in [3.63, 3.8) is 0 Å². The number of hydrogen-bond acceptors (Lipinski definition) is 10. The Morgan fingerprint density at radius 2 is 1.86 bits per heavy atom. The van der Waals surface area contributed by atoms with Crippen LogP contribution in [0.3, 0.4) is 0 Å². The Balaban J connectivity index is 1.41. The highest BCUT2D eigenvalue weighted by molar-refractivity contribution is 7.91. The third-order valence-electron chi connectivity index (χ3n) is 6.04. The molecule has 1 amide bonds. The van der Waals surface area contributed by atoms with Gasteiger partial charge in [-0.3, -0.25) is 4.79 Å². The van der Waals surface area contributed by atoms with Gasteiger partial charge in [0, 0.05) is 6.42 Å². The molecule has 2 aromatic heterocycles. The van der Waals surface area contributed by atoms with Gasteiger partial charge < -0.3 is 19.9 Å². The molecule has 2 aromatic carbocycles. The van der Waals surface area contributed by atoms with Gasteiger partial charge in [0.1, 0.15) is 49.2 Å². The van der Waals surface area contributed by atoms with Gasteiger partial charge in [-0.25, -0.2) is 32.4 Å². The Morgan fingerprint density at radius 1 is 1.14 bits per heavy atom. The van der Waals surface area contributed by atoms with Gasteiger partial charge in [0.15, 0.2) is 0 Å². The summed E-state index contributed by atoms with van der Waals surface area (Å²) in [5.74, 6) is -1.11. The highest BCUT2D eigenvalue weighted by atomic mass is 32.2. The van der Waals surface area contributed by atoms with Crippen molar-refractivity contribution in [1.82, 2.24) is 25.3 Å². The van der Waals surface area contributed by atoms with Gasteiger partial charge in [-0.05, 0) is 41.8 Å². The lowest BCUT2D eigenvalue weighted by molar-refractivity contribution is -0.142. The number of halogens is 1. The number of fused-ring (bicyclic) bond motifs is 1. The van der Waals surface area contributed by atoms with Crippen molar-refractivity contribution >= 4 is 43.5 Å². The fraction of sp³-hybridized carbons (Fsp3) is 0.346. The van der Waals surface area contributed by atoms with Gasteiger partial charge in [-0.1, -0.05) is 31.2 Å². The van der Waals surface area contributed by atoms with Crippen LogP contribution in [0.2, 0.25) is 0 Å². The van der Waals surface area contributed by atoms with E-state index < -0.39 is 40.7 Å². The maximum absolute atomic E-state index is 13.2. The van der Waals surface area contributed by atoms with Crippen LogP contribution in [-0.2, 0) is 32.6 Å². The Labute approximate surface area is 244 Å². The van der Waals surface area contributed by atoms with Crippen LogP contribution in [0.15, 0.2) is 53.0 Å². The number of thiazole rings is 1. The second-order valence-corrected chi connectivity index (χ2v) is 12.4. The van der Waals surface area contributed by atoms with Gasteiger partial charge in [0.2, 0.25) is 10.2 Å². The van der Waals surface area contributed by atoms with Crippen LogP contribution in [-0.4, -0.2) is 64.7 Å². The molecule has 0 radical (unpaired) electrons. The predicted octanol–water partition coefficient (Wildman–Crippen LogP) is 2.47. The van der Waals surface area contributed by atoms with Crippen LogP contribution in [0.25, 0.3) is 10.2 Å². The van der Waals surface area contributed by atoms with Crippen LogP contribution in [0.5, 0.6) is 11.5 Å². The molecule has 0 aliphatic carbocycles. The van der Waals surface area contributed by atoms with E-state index in [-0.39, 0.29) is 29.9 Å². The number of carbonyl (C=O) groups is 2. The Hall–Kier alpha value is -4.15. The largest absolute Gasteiger partial charge is 0.491 e. The lowest BCUT2D eigenvalue weighted by Gasteiger charge is -2.23. The van der Waals surface area contributed by atoms with Gasteiger partial charge in [-0.15, -0.1) is 16.4 Å². The molecule has 1 unspecified atom stereocenters. The lowest BCUT2D eigenvalue weighted by Crippen LogP contribution is -2.46. The van der Waals surface area contributed by atoms with E-state index in [1.54, 1.807) is 62.5 Å². The fourth-order valence-corrected chi connectivity index (χ4v) is 5.75. The molecule has 0 saturated heterocycles. The smallest absolute Gasteiger partial charge is 0.326 e. The van der Waals surface area contributed by atoms with Crippen LogP contribution in [0, 0.1) is 5.92 Å². The molecule has 224 valence electrons. The lowest BCUT2D eigenvalue weighted by atomic mass is 10.0. The van der Waals surface area contributed by atoms with E-state index in [0.717, 1.165) is 11.3 Å². The van der Waals surface area contributed by atoms with Crippen molar-refractivity contribution in [2.24, 2.45) is 11.1 Å². The number of hydrogen-bond donors (Lipinski definition) is 3. The number of aliphatic carboxylic acids is 1. The van der Waals surface area contributed by atoms with Gasteiger partial charge in [-0.2, -0.15) is 0 Å². The monoisotopic (exact) mass is 620 g/mol. The number of rotatable bonds is 14. The van der Waals surface area contributed by atoms with E-state index in [4.69, 9.17) is 14.6 Å². The molecule has 13 nitrogen and oxygen atoms in total. The van der Waals surface area contributed by atoms with Crippen molar-refractivity contribution < 1.29 is 37.0 Å². The summed E-state index contributed by atoms with van der Waals surface area (Å²) in [7, 11) is -3.92. The fourth-order valence-electron chi connectivity index (χ4n) is 4.07. The summed E-state index contributed by atoms with van der Waals surface area (Å²) in [5.41, 5.74) is 1.52. The Kier molecular flexibility index (Phi) is 9.70. The number of carboxylic acids is 1. The van der Waals surface area contributed by atoms with Crippen molar-refractivity contribution in [1.29, 1.82) is 0 Å². The zero-order valence-corrected chi connectivity index (χ0v) is 24.3. The summed E-state index contributed by atoms with van der Waals surface area (Å²) >= 11 is 0.924. The first-order valence-electron chi connectivity index (χ1n) is 12.7. The number of benzene rings is 2. The normalized spacial score (nSPS) is 13.2. The number of alkyl halides is 1. The molecule has 16 heteroatoms. The maximum Gasteiger partial charge on any atom is 0.326 e. The maximum atomic E-state index is 13.2. The SMILES string of the molecule is CC(C)[C@@H](C(=O)NC(Cc1ccc(OCCF)cc1)C(=O)O)n1cc(COc2ccc3nc(S(N)(=O)=O)sc3c2)nn1. The molecule has 0 aliphatic rings. The van der Waals surface area contributed by atoms with Crippen molar-refractivity contribution in [3.8, 4) is 11.5 Å². The molecule has 0 saturated carbocycles. The van der Waals surface area contributed by atoms with Gasteiger partial charge in [0.05, 0.1) is 16.4 Å². The van der Waals surface area contributed by atoms with E-state index in [0.29, 0.717) is 33.0 Å². The van der Waals surface area contributed by atoms with Crippen molar-refractivity contribution in [2.45, 2.75) is 43.3 Å². The molecule has 2 atom stereocenters. The van der Waals surface area contributed by atoms with Crippen molar-refractivity contribution in [3.05, 3.63) is 59.9 Å². The van der Waals surface area contributed by atoms with E-state index >= 15 is 0 Å². The standard InChI is InChI=1S/C26H29FN6O7S2/c1-15(2)23(24(34)29-21(25(35)36)11-16-3-5-18(6-4-16)39-10-9-27)33-13-17(31-32-33)14-40-19-7-8-20-22(12-19)41-26(30-20)42(28,37)38/h3-8,12-13,15,21,23H,9-11,14H2,1-2H3,(H,29,34)(H,35,36)(H2,28,37,38)/t21?,23-/m0/s1. The molecule has 4 rings (SSSR count). The van der Waals surface area contributed by atoms with Gasteiger partial charge in [0.25, 0.3) is 10.0 Å². The first kappa shape index (κ1) is 30.8. The number of sulfonamides is 1. The van der Waals surface area contributed by atoms with E-state index in [1.165, 1.54) is 4.68 Å². The molecule has 4 N–H and O–H groups in total. The Bertz CT molecular complexity index is 1660. The summed E-state index contributed by atoms with van der Waals surface area (Å²) in [6.07, 6.45) is 1.56. The average Bonchev–Trinajstić information content (AvgIpc) is 3.58. The zero-order valence-electron chi connectivity index (χ0n) is 22.6. The molecular weight excluding hydrogens is 591 g/mol. The van der Waals surface area contributed by atoms with Gasteiger partial charge >= 0.3 is 5.97 Å². The van der Waals surface area contributed by atoms with Crippen LogP contribution < -0.4 is 19.9 Å². The first-order valence-corrected chi connectivity index (χ1v) is 15.1. The number of amides is 1. The third kappa shape index (κ3) is 7.77. The number of primary sulfonamides is 1. The quantitative estimate of drug-likeness (QED) is 0.189. The summed E-state index contributed by atoms with van der Waals surface area (Å²) in [6, 6.07) is 9.34. The summed E-state index contributed by atoms with van der Waals surface area (Å²) < 4.78 is 48.2. The predicted molar refractivity (Wildman–Crippen MR) is 150 cm³/mol. The molecule has 0 aliphatic heterocycles. The number of nitrogens with two attached hydrogens (primary N) is 1. The second-order valence-electron chi connectivity index (χ2n) is 9.61. The minimum absolute atomic E-state index is 0.00157. The van der Waals surface area contributed by atoms with E-state index in [9.17, 15) is 27.5 Å². The molecular formula is C26H29FN6O7S2. The van der Waals surface area contributed by atoms with Crippen LogP contribution in [0.4, 0.5) is 4.39 Å². The number of nitrogens with zero attached hydrogens (tertiary/aromatic N) is 4. The zero-order chi connectivity index (χ0) is 30.4. The molecule has 0 fully saturated rings. The minimum Gasteiger partial charge on any atom is -0.491 e. The topological polar surface area (TPSA) is 189 Å². The van der Waals surface area contributed by atoms with E-state index in [2.05, 4.69) is 20.6 Å². The van der Waals surface area contributed by atoms with Crippen molar-refractivity contribution in [2.75, 3.05) is 13.3 Å².